The summed E-state index contributed by atoms with van der Waals surface area (Å²) in [5.74, 6) is -1.50. The molecule has 0 aromatic heterocycles. The van der Waals surface area contributed by atoms with Crippen molar-refractivity contribution in [1.29, 1.82) is 0 Å². The molecule has 0 radical (unpaired) electrons. The first-order valence-corrected chi connectivity index (χ1v) is 9.29. The van der Waals surface area contributed by atoms with E-state index in [0.29, 0.717) is 11.1 Å². The Balaban J connectivity index is 2.35. The molecular formula is C22H25N4O5+. The molecular weight excluding hydrogens is 400 g/mol. The van der Waals surface area contributed by atoms with Gasteiger partial charge in [-0.05, 0) is 30.7 Å². The lowest BCUT2D eigenvalue weighted by atomic mass is 10.00. The van der Waals surface area contributed by atoms with Gasteiger partial charge in [-0.3, -0.25) is 19.8 Å². The summed E-state index contributed by atoms with van der Waals surface area (Å²) in [5, 5.41) is 17.8. The predicted molar refractivity (Wildman–Crippen MR) is 116 cm³/mol. The van der Waals surface area contributed by atoms with Gasteiger partial charge in [0.1, 0.15) is 17.4 Å². The number of rotatable bonds is 9. The van der Waals surface area contributed by atoms with Crippen LogP contribution in [0.2, 0.25) is 0 Å². The van der Waals surface area contributed by atoms with E-state index >= 15 is 0 Å². The van der Waals surface area contributed by atoms with Crippen molar-refractivity contribution in [2.24, 2.45) is 5.73 Å². The zero-order valence-corrected chi connectivity index (χ0v) is 17.2. The van der Waals surface area contributed by atoms with Gasteiger partial charge in [-0.1, -0.05) is 24.3 Å². The van der Waals surface area contributed by atoms with Crippen LogP contribution >= 0.6 is 0 Å². The Morgan fingerprint density at radius 2 is 1.84 bits per heavy atom. The van der Waals surface area contributed by atoms with Crippen LogP contribution in [0.4, 0.5) is 5.69 Å². The van der Waals surface area contributed by atoms with Gasteiger partial charge in [-0.2, -0.15) is 0 Å². The van der Waals surface area contributed by atoms with Gasteiger partial charge in [0.2, 0.25) is 11.6 Å². The summed E-state index contributed by atoms with van der Waals surface area (Å²) in [6.07, 6.45) is 3.32. The van der Waals surface area contributed by atoms with Crippen LogP contribution in [-0.4, -0.2) is 48.2 Å². The minimum atomic E-state index is -1.25. The van der Waals surface area contributed by atoms with Crippen LogP contribution < -0.4 is 26.9 Å². The SMILES string of the molecule is COc1c(C(=O)NC(CO)C(N)=O)ccc(N)c1C(=[NH2+])/C=C/c1ccc(C(C)=O)cc1. The van der Waals surface area contributed by atoms with Crippen molar-refractivity contribution in [2.75, 3.05) is 19.5 Å². The highest BCUT2D eigenvalue weighted by molar-refractivity contribution is 6.14. The number of hydrogen-bond donors (Lipinski definition) is 5. The Morgan fingerprint density at radius 3 is 2.35 bits per heavy atom. The number of nitrogens with two attached hydrogens (primary N) is 3. The van der Waals surface area contributed by atoms with E-state index in [1.165, 1.54) is 26.2 Å². The molecule has 2 aromatic carbocycles. The van der Waals surface area contributed by atoms with Crippen LogP contribution in [0.25, 0.3) is 6.08 Å². The number of aliphatic hydroxyl groups excluding tert-OH is 1. The Kier molecular flexibility index (Phi) is 7.64. The Hall–Kier alpha value is -3.98. The van der Waals surface area contributed by atoms with E-state index in [0.717, 1.165) is 5.56 Å². The second-order valence-electron chi connectivity index (χ2n) is 6.69. The average Bonchev–Trinajstić information content (AvgIpc) is 2.75. The first-order valence-electron chi connectivity index (χ1n) is 9.29. The van der Waals surface area contributed by atoms with Crippen molar-refractivity contribution in [3.8, 4) is 5.75 Å². The number of methoxy groups -OCH3 is 1. The van der Waals surface area contributed by atoms with Gasteiger partial charge in [0.25, 0.3) is 5.91 Å². The minimum Gasteiger partial charge on any atom is -0.495 e. The molecule has 0 fully saturated rings. The Bertz CT molecular complexity index is 1040. The van der Waals surface area contributed by atoms with Crippen LogP contribution in [0.15, 0.2) is 42.5 Å². The number of primary amides is 1. The number of benzene rings is 2. The number of carbonyl (C=O) groups is 3. The Morgan fingerprint density at radius 1 is 1.19 bits per heavy atom. The third-order valence-electron chi connectivity index (χ3n) is 4.53. The normalized spacial score (nSPS) is 11.7. The molecule has 162 valence electrons. The maximum absolute atomic E-state index is 12.6. The van der Waals surface area contributed by atoms with Gasteiger partial charge >= 0.3 is 0 Å². The summed E-state index contributed by atoms with van der Waals surface area (Å²) in [5.41, 5.74) is 13.5. The fourth-order valence-electron chi connectivity index (χ4n) is 2.83. The summed E-state index contributed by atoms with van der Waals surface area (Å²) in [6.45, 7) is 0.839. The van der Waals surface area contributed by atoms with E-state index in [2.05, 4.69) is 5.32 Å². The number of nitrogens with one attached hydrogen (secondary N) is 1. The van der Waals surface area contributed by atoms with Crippen molar-refractivity contribution >= 4 is 35.1 Å². The van der Waals surface area contributed by atoms with E-state index in [1.54, 1.807) is 36.4 Å². The minimum absolute atomic E-state index is 0.0334. The first kappa shape index (κ1) is 23.3. The lowest BCUT2D eigenvalue weighted by Gasteiger charge is -2.16. The van der Waals surface area contributed by atoms with E-state index in [4.69, 9.17) is 21.6 Å². The number of amides is 2. The maximum atomic E-state index is 12.6. The highest BCUT2D eigenvalue weighted by Gasteiger charge is 2.25. The van der Waals surface area contributed by atoms with Crippen LogP contribution in [0.5, 0.6) is 5.75 Å². The number of Topliss-reactive ketones (excluding diaryl/α,β-unsaturated/α-hetero) is 1. The number of allylic oxidation sites excluding steroid dienone is 1. The molecule has 31 heavy (non-hydrogen) atoms. The molecule has 9 heteroatoms. The lowest BCUT2D eigenvalue weighted by Crippen LogP contribution is -2.47. The third-order valence-corrected chi connectivity index (χ3v) is 4.53. The molecule has 8 N–H and O–H groups in total. The fraction of sp³-hybridized carbons (Fsp3) is 0.182. The standard InChI is InChI=1S/C22H24N4O5/c1-12(28)14-6-3-13(4-7-14)5-9-16(23)19-17(24)10-8-15(20(19)31-2)22(30)26-18(11-27)21(25)29/h3-10,18,23,27H,11,24H2,1-2H3,(H2,25,29)(H,26,30)/p+1/b9-5+,23-16?. The van der Waals surface area contributed by atoms with Crippen molar-refractivity contribution in [3.05, 3.63) is 64.7 Å². The highest BCUT2D eigenvalue weighted by atomic mass is 16.5. The third kappa shape index (κ3) is 5.55. The smallest absolute Gasteiger partial charge is 0.255 e. The molecule has 0 saturated carbocycles. The van der Waals surface area contributed by atoms with Crippen molar-refractivity contribution in [3.63, 3.8) is 0 Å². The molecule has 1 atom stereocenters. The summed E-state index contributed by atoms with van der Waals surface area (Å²) in [4.78, 5) is 35.3. The van der Waals surface area contributed by atoms with Gasteiger partial charge < -0.3 is 26.6 Å². The van der Waals surface area contributed by atoms with Crippen LogP contribution in [-0.2, 0) is 4.79 Å². The van der Waals surface area contributed by atoms with Crippen molar-refractivity contribution in [2.45, 2.75) is 13.0 Å². The quantitative estimate of drug-likeness (QED) is 0.202. The maximum Gasteiger partial charge on any atom is 0.255 e. The molecule has 0 aliphatic rings. The van der Waals surface area contributed by atoms with E-state index in [9.17, 15) is 19.5 Å². The molecule has 0 aliphatic carbocycles. The first-order chi connectivity index (χ1) is 14.7. The molecule has 2 amide bonds. The monoisotopic (exact) mass is 425 g/mol. The second-order valence-corrected chi connectivity index (χ2v) is 6.69. The van der Waals surface area contributed by atoms with Crippen molar-refractivity contribution in [1.82, 2.24) is 5.32 Å². The average molecular weight is 425 g/mol. The van der Waals surface area contributed by atoms with Crippen LogP contribution in [0.3, 0.4) is 0 Å². The van der Waals surface area contributed by atoms with Crippen molar-refractivity contribution < 1.29 is 29.6 Å². The number of ketones is 1. The summed E-state index contributed by atoms with van der Waals surface area (Å²) >= 11 is 0. The Labute approximate surface area is 179 Å². The largest absolute Gasteiger partial charge is 0.495 e. The van der Waals surface area contributed by atoms with E-state index in [1.807, 2.05) is 0 Å². The molecule has 1 unspecified atom stereocenters. The number of ether oxygens (including phenoxy) is 1. The molecule has 0 saturated heterocycles. The highest BCUT2D eigenvalue weighted by Crippen LogP contribution is 2.29. The molecule has 0 bridgehead atoms. The number of carbonyl (C=O) groups excluding carboxylic acids is 3. The zero-order valence-electron chi connectivity index (χ0n) is 17.2. The molecule has 0 heterocycles. The zero-order chi connectivity index (χ0) is 23.1. The topological polar surface area (TPSA) is 170 Å². The number of aliphatic hydroxyl groups is 1. The molecule has 0 spiro atoms. The fourth-order valence-corrected chi connectivity index (χ4v) is 2.83. The van der Waals surface area contributed by atoms with Crippen LogP contribution in [0, 0.1) is 0 Å². The number of nitrogen functional groups attached to an aromatic ring is 1. The van der Waals surface area contributed by atoms with Gasteiger partial charge in [-0.15, -0.1) is 0 Å². The van der Waals surface area contributed by atoms with Gasteiger partial charge in [-0.25, -0.2) is 0 Å². The number of hydrogen-bond acceptors (Lipinski definition) is 6. The van der Waals surface area contributed by atoms with E-state index in [-0.39, 0.29) is 28.5 Å². The predicted octanol–water partition coefficient (Wildman–Crippen LogP) is -0.682. The van der Waals surface area contributed by atoms with E-state index < -0.39 is 24.5 Å². The lowest BCUT2D eigenvalue weighted by molar-refractivity contribution is -0.120. The summed E-state index contributed by atoms with van der Waals surface area (Å²) in [6, 6.07) is 8.58. The summed E-state index contributed by atoms with van der Waals surface area (Å²) in [7, 11) is 1.35. The molecule has 9 nitrogen and oxygen atoms in total. The van der Waals surface area contributed by atoms with Gasteiger partial charge in [0.05, 0.1) is 19.3 Å². The molecule has 2 aromatic rings. The second kappa shape index (κ2) is 10.2. The van der Waals surface area contributed by atoms with Crippen LogP contribution in [0.1, 0.15) is 38.8 Å². The molecule has 2 rings (SSSR count). The number of anilines is 1. The van der Waals surface area contributed by atoms with Gasteiger partial charge in [0, 0.05) is 17.3 Å². The summed E-state index contributed by atoms with van der Waals surface area (Å²) < 4.78 is 5.38. The molecule has 0 aliphatic heterocycles. The van der Waals surface area contributed by atoms with Gasteiger partial charge in [0.15, 0.2) is 5.78 Å².